The van der Waals surface area contributed by atoms with Crippen LogP contribution in [0.25, 0.3) is 284 Å². The molecule has 12 aromatic heterocycles. The molecule has 30 rings (SSSR count). The molecule has 30 aromatic rings. The highest BCUT2D eigenvalue weighted by Crippen LogP contribution is 2.47. The lowest BCUT2D eigenvalue weighted by Crippen LogP contribution is -2.04. The van der Waals surface area contributed by atoms with E-state index in [0.717, 1.165) is 215 Å². The molecule has 0 bridgehead atoms. The Labute approximate surface area is 857 Å². The van der Waals surface area contributed by atoms with Crippen molar-refractivity contribution in [2.45, 2.75) is 0 Å². The molecule has 0 fully saturated rings. The number of benzene rings is 18. The van der Waals surface area contributed by atoms with Crippen molar-refractivity contribution in [2.75, 3.05) is 0 Å². The van der Waals surface area contributed by atoms with Gasteiger partial charge in [0, 0.05) is 122 Å². The second-order valence-corrected chi connectivity index (χ2v) is 36.9. The summed E-state index contributed by atoms with van der Waals surface area (Å²) in [4.78, 5) is 58.6. The van der Waals surface area contributed by atoms with Crippen molar-refractivity contribution in [3.05, 3.63) is 492 Å². The summed E-state index contributed by atoms with van der Waals surface area (Å²) in [5.41, 5.74) is 29.4. The maximum Gasteiger partial charge on any atom is 0.182 e. The van der Waals surface area contributed by atoms with Gasteiger partial charge in [-0.2, -0.15) is 0 Å². The smallest absolute Gasteiger partial charge is 0.182 e. The number of fused-ring (bicyclic) bond motifs is 18. The van der Waals surface area contributed by atoms with Crippen LogP contribution in [-0.2, 0) is 0 Å². The van der Waals surface area contributed by atoms with Crippen LogP contribution >= 0.6 is 0 Å². The number of pyridine rings is 3. The molecule has 0 atom stereocenters. The Hall–Kier alpha value is -20.8. The van der Waals surface area contributed by atoms with Gasteiger partial charge in [0.25, 0.3) is 0 Å². The first kappa shape index (κ1) is 87.1. The van der Waals surface area contributed by atoms with Crippen LogP contribution < -0.4 is 0 Å². The van der Waals surface area contributed by atoms with E-state index in [1.807, 2.05) is 274 Å². The molecule has 0 aliphatic carbocycles. The van der Waals surface area contributed by atoms with Crippen LogP contribution in [0, 0.1) is 0 Å². The molecule has 702 valence electrons. The summed E-state index contributed by atoms with van der Waals surface area (Å²) >= 11 is 0. The van der Waals surface area contributed by atoms with Gasteiger partial charge in [-0.05, 0) is 149 Å². The van der Waals surface area contributed by atoms with Crippen molar-refractivity contribution in [2.24, 2.45) is 0 Å². The molecule has 0 spiro atoms. The Morgan fingerprint density at radius 2 is 0.473 bits per heavy atom. The number of aromatic nitrogens is 15. The molecule has 0 unspecified atom stereocenters. The molecule has 150 heavy (non-hydrogen) atoms. The number of para-hydroxylation sites is 6. The third-order valence-electron chi connectivity index (χ3n) is 28.0. The van der Waals surface area contributed by atoms with Crippen LogP contribution in [0.5, 0.6) is 0 Å². The molecule has 0 saturated carbocycles. The molecular formula is C132H81N15O3. The summed E-state index contributed by atoms with van der Waals surface area (Å²) in [5.74, 6) is 5.35. The standard InChI is InChI=1S/3C44H27N5O/c1-3-12-28(13-4-1)42-46-43(29-14-5-2-6-15-29)48-44(47-42)36-24-23-31(27-45-36)49-37-19-9-7-16-33(37)35-26-30(22-25-38(35)49)32-18-11-21-40-41(32)34-17-8-10-20-39(34)50-40;1-3-12-28(13-4-1)42-46-43(29-14-5-2-6-15-29)48-44(47-42)31-24-32(27-45-26-31)49-37-19-9-7-16-34(37)36-25-30(22-23-38(36)49)33-18-11-21-40-41(33)35-17-8-10-20-39(35)50-40;1-3-12-28(13-4-1)42-46-43(29-14-5-2-6-15-29)48-44(47-42)33-24-25-45-27-38(33)49-36-19-9-7-16-32(36)35-26-30(22-23-37(35)49)31-18-11-21-40-41(31)34-17-8-10-20-39(34)50-40/h3*1-27H. The first-order valence-corrected chi connectivity index (χ1v) is 49.7. The van der Waals surface area contributed by atoms with Crippen LogP contribution in [0.15, 0.2) is 505 Å². The fourth-order valence-electron chi connectivity index (χ4n) is 21.1. The third kappa shape index (κ3) is 15.5. The van der Waals surface area contributed by atoms with Crippen molar-refractivity contribution < 1.29 is 13.3 Å². The third-order valence-corrected chi connectivity index (χ3v) is 28.0. The first-order chi connectivity index (χ1) is 74.4. The van der Waals surface area contributed by atoms with Gasteiger partial charge in [-0.25, -0.2) is 44.9 Å². The zero-order chi connectivity index (χ0) is 99.1. The van der Waals surface area contributed by atoms with Gasteiger partial charge in [-0.15, -0.1) is 0 Å². The van der Waals surface area contributed by atoms with E-state index in [2.05, 4.69) is 231 Å². The average molecular weight is 1930 g/mol. The number of hydrogen-bond donors (Lipinski definition) is 0. The van der Waals surface area contributed by atoms with E-state index in [1.165, 1.54) is 10.8 Å². The Bertz CT molecular complexity index is 10300. The van der Waals surface area contributed by atoms with Crippen LogP contribution in [0.3, 0.4) is 0 Å². The second kappa shape index (κ2) is 36.9. The fourth-order valence-corrected chi connectivity index (χ4v) is 21.1. The van der Waals surface area contributed by atoms with Gasteiger partial charge in [0.2, 0.25) is 0 Å². The predicted octanol–water partition coefficient (Wildman–Crippen LogP) is 32.8. The lowest BCUT2D eigenvalue weighted by Gasteiger charge is -2.14. The van der Waals surface area contributed by atoms with E-state index in [-0.39, 0.29) is 0 Å². The Morgan fingerprint density at radius 1 is 0.167 bits per heavy atom. The van der Waals surface area contributed by atoms with E-state index in [9.17, 15) is 0 Å². The number of nitrogens with zero attached hydrogens (tertiary/aromatic N) is 15. The maximum absolute atomic E-state index is 6.24. The molecule has 0 N–H and O–H groups in total. The zero-order valence-corrected chi connectivity index (χ0v) is 80.2. The minimum Gasteiger partial charge on any atom is -0.456 e. The van der Waals surface area contributed by atoms with Crippen molar-refractivity contribution in [1.82, 2.24) is 73.5 Å². The van der Waals surface area contributed by atoms with Crippen LogP contribution in [0.1, 0.15) is 0 Å². The van der Waals surface area contributed by atoms with Gasteiger partial charge in [0.05, 0.1) is 68.8 Å². The molecule has 0 aliphatic rings. The molecule has 0 aliphatic heterocycles. The topological polar surface area (TPSA) is 209 Å². The van der Waals surface area contributed by atoms with E-state index < -0.39 is 0 Å². The highest BCUT2D eigenvalue weighted by molar-refractivity contribution is 6.19. The fraction of sp³-hybridized carbons (Fsp3) is 0. The van der Waals surface area contributed by atoms with Gasteiger partial charge in [0.15, 0.2) is 52.4 Å². The normalized spacial score (nSPS) is 11.6. The summed E-state index contributed by atoms with van der Waals surface area (Å²) in [6.07, 6.45) is 9.33. The maximum atomic E-state index is 6.24. The molecule has 18 aromatic carbocycles. The molecule has 0 saturated heterocycles. The Morgan fingerprint density at radius 3 is 0.847 bits per heavy atom. The molecule has 0 radical (unpaired) electrons. The summed E-state index contributed by atoms with van der Waals surface area (Å²) in [7, 11) is 0. The van der Waals surface area contributed by atoms with Gasteiger partial charge in [-0.1, -0.05) is 346 Å². The highest BCUT2D eigenvalue weighted by Gasteiger charge is 2.27. The summed E-state index contributed by atoms with van der Waals surface area (Å²) in [5, 5.41) is 13.7. The van der Waals surface area contributed by atoms with Crippen LogP contribution in [0.2, 0.25) is 0 Å². The largest absolute Gasteiger partial charge is 0.456 e. The number of rotatable bonds is 15. The average Bonchev–Trinajstić information content (AvgIpc) is 1.57. The van der Waals surface area contributed by atoms with Crippen LogP contribution in [-0.4, -0.2) is 73.5 Å². The van der Waals surface area contributed by atoms with Crippen molar-refractivity contribution in [1.29, 1.82) is 0 Å². The zero-order valence-electron chi connectivity index (χ0n) is 80.2. The van der Waals surface area contributed by atoms with E-state index in [4.69, 9.17) is 68.1 Å². The van der Waals surface area contributed by atoms with Gasteiger partial charge >= 0.3 is 0 Å². The van der Waals surface area contributed by atoms with Crippen molar-refractivity contribution in [3.8, 4) is 153 Å². The molecule has 12 heterocycles. The lowest BCUT2D eigenvalue weighted by molar-refractivity contribution is 0.668. The Balaban J connectivity index is 0.000000108. The highest BCUT2D eigenvalue weighted by atomic mass is 16.3. The minimum atomic E-state index is 0.525. The van der Waals surface area contributed by atoms with Crippen molar-refractivity contribution in [3.63, 3.8) is 0 Å². The molecule has 0 amide bonds. The Kier molecular flexibility index (Phi) is 21.4. The predicted molar refractivity (Wildman–Crippen MR) is 603 cm³/mol. The van der Waals surface area contributed by atoms with Crippen molar-refractivity contribution >= 4 is 131 Å². The monoisotopic (exact) mass is 1920 g/mol. The summed E-state index contributed by atoms with van der Waals surface area (Å²) in [6.45, 7) is 0. The van der Waals surface area contributed by atoms with Gasteiger partial charge in [-0.3, -0.25) is 15.0 Å². The number of hydrogen-bond acceptors (Lipinski definition) is 15. The van der Waals surface area contributed by atoms with Gasteiger partial charge < -0.3 is 27.0 Å². The van der Waals surface area contributed by atoms with E-state index in [0.29, 0.717) is 58.1 Å². The van der Waals surface area contributed by atoms with Crippen LogP contribution in [0.4, 0.5) is 0 Å². The van der Waals surface area contributed by atoms with E-state index >= 15 is 0 Å². The molecular weight excluding hydrogens is 1840 g/mol. The van der Waals surface area contributed by atoms with Gasteiger partial charge in [0.1, 0.15) is 39.2 Å². The number of furan rings is 3. The molecule has 18 nitrogen and oxygen atoms in total. The summed E-state index contributed by atoms with van der Waals surface area (Å²) < 4.78 is 25.5. The minimum absolute atomic E-state index is 0.525. The van der Waals surface area contributed by atoms with E-state index in [1.54, 1.807) is 6.20 Å². The first-order valence-electron chi connectivity index (χ1n) is 49.7. The SMILES string of the molecule is c1ccc(-c2nc(-c3ccccc3)nc(-c3ccc(-n4c5ccccc5c5cc(-c6cccc7oc8ccccc8c67)ccc54)cn3)n2)cc1.c1ccc(-c2nc(-c3ccccc3)nc(-c3ccncc3-n3c4ccccc4c4cc(-c5cccc6oc7ccccc7c56)ccc43)n2)cc1.c1ccc(-c2nc(-c3ccccc3)nc(-c3cncc(-n4c5ccccc5c5cc(-c6cccc7oc8ccccc8c67)ccc54)c3)n2)cc1. The summed E-state index contributed by atoms with van der Waals surface area (Å²) in [6, 6.07) is 158. The second-order valence-electron chi connectivity index (χ2n) is 36.9. The molecule has 18 heteroatoms. The quantitative estimate of drug-likeness (QED) is 0.0935. The lowest BCUT2D eigenvalue weighted by atomic mass is 9.98.